The first-order chi connectivity index (χ1) is 12.7. The predicted molar refractivity (Wildman–Crippen MR) is 103 cm³/mol. The maximum atomic E-state index is 11.9. The molecule has 0 radical (unpaired) electrons. The molecule has 6 heteroatoms. The van der Waals surface area contributed by atoms with E-state index in [0.29, 0.717) is 0 Å². The standard InChI is InChI=1S/C21H24N2O4/c1-21(2,3)23-20(26)22-18(24)14-27-19(25)13-15-9-11-17(12-10-15)16-7-5-4-6-8-16/h4-12H,13-14H2,1-3H3,(H2,22,23,24,26). The Labute approximate surface area is 158 Å². The van der Waals surface area contributed by atoms with Crippen molar-refractivity contribution in [2.45, 2.75) is 32.7 Å². The van der Waals surface area contributed by atoms with Crippen LogP contribution in [0, 0.1) is 0 Å². The summed E-state index contributed by atoms with van der Waals surface area (Å²) >= 11 is 0. The molecule has 27 heavy (non-hydrogen) atoms. The molecule has 0 bridgehead atoms. The molecule has 0 aliphatic heterocycles. The van der Waals surface area contributed by atoms with E-state index in [1.807, 2.05) is 54.6 Å². The summed E-state index contributed by atoms with van der Waals surface area (Å²) in [5, 5.41) is 4.70. The van der Waals surface area contributed by atoms with Gasteiger partial charge in [-0.1, -0.05) is 54.6 Å². The number of urea groups is 1. The summed E-state index contributed by atoms with van der Waals surface area (Å²) in [6, 6.07) is 16.8. The number of hydrogen-bond donors (Lipinski definition) is 2. The lowest BCUT2D eigenvalue weighted by Crippen LogP contribution is -2.49. The fraction of sp³-hybridized carbons (Fsp3) is 0.286. The Morgan fingerprint density at radius 3 is 2.07 bits per heavy atom. The second kappa shape index (κ2) is 8.98. The molecule has 2 aromatic carbocycles. The van der Waals surface area contributed by atoms with Crippen LogP contribution < -0.4 is 10.6 Å². The van der Waals surface area contributed by atoms with E-state index in [2.05, 4.69) is 10.6 Å². The monoisotopic (exact) mass is 368 g/mol. The van der Waals surface area contributed by atoms with Gasteiger partial charge in [0.25, 0.3) is 5.91 Å². The number of ether oxygens (including phenoxy) is 1. The van der Waals surface area contributed by atoms with Crippen molar-refractivity contribution in [2.24, 2.45) is 0 Å². The average molecular weight is 368 g/mol. The molecule has 142 valence electrons. The first kappa shape index (κ1) is 20.2. The lowest BCUT2D eigenvalue weighted by atomic mass is 10.0. The van der Waals surface area contributed by atoms with Gasteiger partial charge in [0.1, 0.15) is 0 Å². The molecule has 2 aromatic rings. The van der Waals surface area contributed by atoms with E-state index >= 15 is 0 Å². The Bertz CT molecular complexity index is 793. The van der Waals surface area contributed by atoms with Crippen LogP contribution in [0.2, 0.25) is 0 Å². The molecule has 6 nitrogen and oxygen atoms in total. The molecule has 0 saturated carbocycles. The highest BCUT2D eigenvalue weighted by atomic mass is 16.5. The van der Waals surface area contributed by atoms with E-state index in [1.165, 1.54) is 0 Å². The maximum Gasteiger partial charge on any atom is 0.321 e. The van der Waals surface area contributed by atoms with Crippen molar-refractivity contribution in [2.75, 3.05) is 6.61 Å². The molecule has 0 spiro atoms. The number of carbonyl (C=O) groups is 3. The minimum atomic E-state index is -0.676. The van der Waals surface area contributed by atoms with Gasteiger partial charge in [0.05, 0.1) is 6.42 Å². The van der Waals surface area contributed by atoms with Crippen LogP contribution in [0.1, 0.15) is 26.3 Å². The molecule has 0 aliphatic carbocycles. The zero-order valence-electron chi connectivity index (χ0n) is 15.7. The SMILES string of the molecule is CC(C)(C)NC(=O)NC(=O)COC(=O)Cc1ccc(-c2ccccc2)cc1. The fourth-order valence-corrected chi connectivity index (χ4v) is 2.34. The topological polar surface area (TPSA) is 84.5 Å². The van der Waals surface area contributed by atoms with Crippen molar-refractivity contribution in [3.8, 4) is 11.1 Å². The van der Waals surface area contributed by atoms with Gasteiger partial charge in [-0.25, -0.2) is 4.79 Å². The molecular formula is C21H24N2O4. The van der Waals surface area contributed by atoms with E-state index in [1.54, 1.807) is 20.8 Å². The molecule has 3 amide bonds. The normalized spacial score (nSPS) is 10.8. The number of esters is 1. The second-order valence-corrected chi connectivity index (χ2v) is 7.15. The maximum absolute atomic E-state index is 11.9. The van der Waals surface area contributed by atoms with E-state index in [4.69, 9.17) is 4.74 Å². The number of rotatable bonds is 5. The lowest BCUT2D eigenvalue weighted by molar-refractivity contribution is -0.147. The van der Waals surface area contributed by atoms with Crippen LogP contribution in [-0.2, 0) is 20.7 Å². The summed E-state index contributed by atoms with van der Waals surface area (Å²) in [6.45, 7) is 4.87. The largest absolute Gasteiger partial charge is 0.455 e. The van der Waals surface area contributed by atoms with Gasteiger partial charge in [-0.2, -0.15) is 0 Å². The number of carbonyl (C=O) groups excluding carboxylic acids is 3. The van der Waals surface area contributed by atoms with Crippen molar-refractivity contribution in [1.82, 2.24) is 10.6 Å². The van der Waals surface area contributed by atoms with Crippen LogP contribution in [0.3, 0.4) is 0 Å². The number of imide groups is 1. The van der Waals surface area contributed by atoms with Crippen molar-refractivity contribution in [3.05, 3.63) is 60.2 Å². The molecule has 0 fully saturated rings. The predicted octanol–water partition coefficient (Wildman–Crippen LogP) is 3.06. The van der Waals surface area contributed by atoms with E-state index < -0.39 is 30.1 Å². The molecule has 2 N–H and O–H groups in total. The van der Waals surface area contributed by atoms with Gasteiger partial charge in [0.2, 0.25) is 0 Å². The smallest absolute Gasteiger partial charge is 0.321 e. The van der Waals surface area contributed by atoms with E-state index in [-0.39, 0.29) is 6.42 Å². The molecule has 0 aliphatic rings. The number of amides is 3. The van der Waals surface area contributed by atoms with Gasteiger partial charge in [0, 0.05) is 5.54 Å². The third-order valence-corrected chi connectivity index (χ3v) is 3.52. The Kier molecular flexibility index (Phi) is 6.71. The molecule has 0 heterocycles. The summed E-state index contributed by atoms with van der Waals surface area (Å²) in [5.74, 6) is -1.21. The Morgan fingerprint density at radius 2 is 1.48 bits per heavy atom. The Balaban J connectivity index is 1.78. The van der Waals surface area contributed by atoms with Crippen molar-refractivity contribution >= 4 is 17.9 Å². The number of hydrogen-bond acceptors (Lipinski definition) is 4. The first-order valence-corrected chi connectivity index (χ1v) is 8.65. The van der Waals surface area contributed by atoms with Crippen LogP contribution in [0.4, 0.5) is 4.79 Å². The van der Waals surface area contributed by atoms with Crippen LogP contribution in [0.15, 0.2) is 54.6 Å². The van der Waals surface area contributed by atoms with Crippen LogP contribution in [-0.4, -0.2) is 30.1 Å². The first-order valence-electron chi connectivity index (χ1n) is 8.65. The van der Waals surface area contributed by atoms with Gasteiger partial charge in [-0.15, -0.1) is 0 Å². The summed E-state index contributed by atoms with van der Waals surface area (Å²) in [6.07, 6.45) is 0.0521. The van der Waals surface area contributed by atoms with Crippen LogP contribution in [0.5, 0.6) is 0 Å². The third-order valence-electron chi connectivity index (χ3n) is 3.52. The summed E-state index contributed by atoms with van der Waals surface area (Å²) < 4.78 is 4.92. The highest BCUT2D eigenvalue weighted by molar-refractivity contribution is 5.95. The molecular weight excluding hydrogens is 344 g/mol. The molecule has 0 atom stereocenters. The van der Waals surface area contributed by atoms with Crippen molar-refractivity contribution in [1.29, 1.82) is 0 Å². The third kappa shape index (κ3) is 7.32. The lowest BCUT2D eigenvalue weighted by Gasteiger charge is -2.20. The Hall–Kier alpha value is -3.15. The quantitative estimate of drug-likeness (QED) is 0.795. The second-order valence-electron chi connectivity index (χ2n) is 7.15. The summed E-state index contributed by atoms with van der Waals surface area (Å²) in [5.41, 5.74) is 2.46. The summed E-state index contributed by atoms with van der Waals surface area (Å²) in [7, 11) is 0. The minimum Gasteiger partial charge on any atom is -0.455 e. The van der Waals surface area contributed by atoms with Crippen LogP contribution in [0.25, 0.3) is 11.1 Å². The molecule has 0 saturated heterocycles. The molecule has 0 aromatic heterocycles. The minimum absolute atomic E-state index is 0.0521. The molecule has 0 unspecified atom stereocenters. The summed E-state index contributed by atoms with van der Waals surface area (Å²) in [4.78, 5) is 35.1. The highest BCUT2D eigenvalue weighted by Crippen LogP contribution is 2.19. The zero-order valence-corrected chi connectivity index (χ0v) is 15.7. The van der Waals surface area contributed by atoms with Gasteiger partial charge in [-0.05, 0) is 37.5 Å². The van der Waals surface area contributed by atoms with Gasteiger partial charge in [-0.3, -0.25) is 14.9 Å². The van der Waals surface area contributed by atoms with E-state index in [9.17, 15) is 14.4 Å². The number of benzene rings is 2. The van der Waals surface area contributed by atoms with Gasteiger partial charge in [0.15, 0.2) is 6.61 Å². The Morgan fingerprint density at radius 1 is 0.889 bits per heavy atom. The van der Waals surface area contributed by atoms with Gasteiger partial charge < -0.3 is 10.1 Å². The van der Waals surface area contributed by atoms with Crippen molar-refractivity contribution < 1.29 is 19.1 Å². The average Bonchev–Trinajstić information content (AvgIpc) is 2.60. The van der Waals surface area contributed by atoms with Crippen molar-refractivity contribution in [3.63, 3.8) is 0 Å². The zero-order chi connectivity index (χ0) is 19.9. The fourth-order valence-electron chi connectivity index (χ4n) is 2.34. The van der Waals surface area contributed by atoms with Gasteiger partial charge >= 0.3 is 12.0 Å². The van der Waals surface area contributed by atoms with Crippen LogP contribution >= 0.6 is 0 Å². The molecule has 2 rings (SSSR count). The highest BCUT2D eigenvalue weighted by Gasteiger charge is 2.16. The number of nitrogens with one attached hydrogen (secondary N) is 2. The van der Waals surface area contributed by atoms with E-state index in [0.717, 1.165) is 16.7 Å².